The number of anilines is 1. The number of aryl methyl sites for hydroxylation is 1. The molecular formula is C13H19N3O4. The van der Waals surface area contributed by atoms with Crippen molar-refractivity contribution in [2.45, 2.75) is 13.8 Å². The first kappa shape index (κ1) is 14.5. The molecule has 20 heavy (non-hydrogen) atoms. The van der Waals surface area contributed by atoms with Gasteiger partial charge in [0.15, 0.2) is 5.82 Å². The Morgan fingerprint density at radius 2 is 2.30 bits per heavy atom. The molecular weight excluding hydrogens is 262 g/mol. The summed E-state index contributed by atoms with van der Waals surface area (Å²) in [4.78, 5) is 25.4. The minimum absolute atomic E-state index is 0.165. The lowest BCUT2D eigenvalue weighted by molar-refractivity contribution is -0.146. The van der Waals surface area contributed by atoms with Crippen molar-refractivity contribution in [1.29, 1.82) is 0 Å². The summed E-state index contributed by atoms with van der Waals surface area (Å²) in [5, 5.41) is 6.36. The van der Waals surface area contributed by atoms with Crippen molar-refractivity contribution in [3.8, 4) is 0 Å². The van der Waals surface area contributed by atoms with Gasteiger partial charge in [-0.25, -0.2) is 0 Å². The van der Waals surface area contributed by atoms with Crippen LogP contribution in [0.25, 0.3) is 0 Å². The van der Waals surface area contributed by atoms with Crippen LogP contribution in [-0.4, -0.2) is 48.7 Å². The number of nitrogens with zero attached hydrogens (tertiary/aromatic N) is 2. The molecule has 1 aliphatic heterocycles. The van der Waals surface area contributed by atoms with E-state index >= 15 is 0 Å². The van der Waals surface area contributed by atoms with Crippen molar-refractivity contribution < 1.29 is 18.8 Å². The number of amides is 1. The van der Waals surface area contributed by atoms with Gasteiger partial charge in [0.2, 0.25) is 5.91 Å². The molecule has 1 fully saturated rings. The predicted molar refractivity (Wildman–Crippen MR) is 71.0 cm³/mol. The van der Waals surface area contributed by atoms with Crippen molar-refractivity contribution >= 4 is 17.7 Å². The monoisotopic (exact) mass is 281 g/mol. The molecule has 1 aromatic rings. The SMILES string of the molecule is COC(=O)C1CN(CC(=O)Nc2cc(C)on2)CC1C. The topological polar surface area (TPSA) is 84.7 Å². The number of hydrogen-bond acceptors (Lipinski definition) is 6. The van der Waals surface area contributed by atoms with Crippen LogP contribution in [0.15, 0.2) is 10.6 Å². The van der Waals surface area contributed by atoms with Crippen molar-refractivity contribution in [3.63, 3.8) is 0 Å². The second-order valence-electron chi connectivity index (χ2n) is 5.17. The molecule has 0 aliphatic carbocycles. The summed E-state index contributed by atoms with van der Waals surface area (Å²) in [5.41, 5.74) is 0. The number of esters is 1. The van der Waals surface area contributed by atoms with Gasteiger partial charge < -0.3 is 14.6 Å². The quantitative estimate of drug-likeness (QED) is 0.816. The third kappa shape index (κ3) is 3.36. The van der Waals surface area contributed by atoms with E-state index in [1.54, 1.807) is 13.0 Å². The first-order valence-corrected chi connectivity index (χ1v) is 6.53. The van der Waals surface area contributed by atoms with E-state index in [0.717, 1.165) is 0 Å². The zero-order valence-corrected chi connectivity index (χ0v) is 11.9. The summed E-state index contributed by atoms with van der Waals surface area (Å²) < 4.78 is 9.64. The van der Waals surface area contributed by atoms with E-state index in [0.29, 0.717) is 24.7 Å². The van der Waals surface area contributed by atoms with E-state index in [2.05, 4.69) is 10.5 Å². The Balaban J connectivity index is 1.85. The highest BCUT2D eigenvalue weighted by molar-refractivity contribution is 5.91. The fourth-order valence-electron chi connectivity index (χ4n) is 2.47. The molecule has 2 heterocycles. The van der Waals surface area contributed by atoms with E-state index in [1.165, 1.54) is 7.11 Å². The number of ether oxygens (including phenoxy) is 1. The van der Waals surface area contributed by atoms with Gasteiger partial charge in [0, 0.05) is 19.2 Å². The normalized spacial score (nSPS) is 22.8. The standard InChI is InChI=1S/C13H19N3O4/c1-8-5-16(6-10(8)13(18)19-3)7-12(17)14-11-4-9(2)20-15-11/h4,8,10H,5-7H2,1-3H3,(H,14,15,17). The predicted octanol–water partition coefficient (Wildman–Crippen LogP) is 0.662. The highest BCUT2D eigenvalue weighted by Crippen LogP contribution is 2.23. The first-order chi connectivity index (χ1) is 9.49. The molecule has 1 saturated heterocycles. The van der Waals surface area contributed by atoms with E-state index in [-0.39, 0.29) is 30.3 Å². The fourth-order valence-corrected chi connectivity index (χ4v) is 2.47. The van der Waals surface area contributed by atoms with Gasteiger partial charge in [-0.2, -0.15) is 0 Å². The van der Waals surface area contributed by atoms with Gasteiger partial charge in [0.05, 0.1) is 19.6 Å². The lowest BCUT2D eigenvalue weighted by atomic mass is 9.99. The molecule has 2 atom stereocenters. The first-order valence-electron chi connectivity index (χ1n) is 6.53. The van der Waals surface area contributed by atoms with Gasteiger partial charge >= 0.3 is 5.97 Å². The minimum atomic E-state index is -0.215. The molecule has 0 spiro atoms. The van der Waals surface area contributed by atoms with Crippen molar-refractivity contribution in [3.05, 3.63) is 11.8 Å². The van der Waals surface area contributed by atoms with Crippen LogP contribution >= 0.6 is 0 Å². The molecule has 2 rings (SSSR count). The Labute approximate surface area is 117 Å². The number of carbonyl (C=O) groups is 2. The molecule has 0 saturated carbocycles. The van der Waals surface area contributed by atoms with Crippen molar-refractivity contribution in [2.24, 2.45) is 11.8 Å². The summed E-state index contributed by atoms with van der Waals surface area (Å²) >= 11 is 0. The number of rotatable bonds is 4. The molecule has 0 bridgehead atoms. The number of aromatic nitrogens is 1. The van der Waals surface area contributed by atoms with Crippen LogP contribution in [0.3, 0.4) is 0 Å². The summed E-state index contributed by atoms with van der Waals surface area (Å²) in [6.45, 7) is 5.21. The third-order valence-corrected chi connectivity index (χ3v) is 3.45. The number of carbonyl (C=O) groups excluding carboxylic acids is 2. The maximum Gasteiger partial charge on any atom is 0.310 e. The summed E-state index contributed by atoms with van der Waals surface area (Å²) in [6, 6.07) is 1.65. The number of hydrogen-bond donors (Lipinski definition) is 1. The molecule has 0 radical (unpaired) electrons. The zero-order valence-electron chi connectivity index (χ0n) is 11.9. The zero-order chi connectivity index (χ0) is 14.7. The minimum Gasteiger partial charge on any atom is -0.469 e. The smallest absolute Gasteiger partial charge is 0.310 e. The maximum absolute atomic E-state index is 11.9. The molecule has 1 aliphatic rings. The average Bonchev–Trinajstić information content (AvgIpc) is 2.94. The van der Waals surface area contributed by atoms with E-state index in [1.807, 2.05) is 11.8 Å². The molecule has 2 unspecified atom stereocenters. The molecule has 1 N–H and O–H groups in total. The third-order valence-electron chi connectivity index (χ3n) is 3.45. The summed E-state index contributed by atoms with van der Waals surface area (Å²) in [5.74, 6) is 0.681. The van der Waals surface area contributed by atoms with Crippen LogP contribution in [-0.2, 0) is 14.3 Å². The lowest BCUT2D eigenvalue weighted by Gasteiger charge is -2.14. The lowest BCUT2D eigenvalue weighted by Crippen LogP contribution is -2.32. The van der Waals surface area contributed by atoms with Crippen LogP contribution in [0.1, 0.15) is 12.7 Å². The second kappa shape index (κ2) is 6.04. The molecule has 7 nitrogen and oxygen atoms in total. The van der Waals surface area contributed by atoms with E-state index in [9.17, 15) is 9.59 Å². The maximum atomic E-state index is 11.9. The Hall–Kier alpha value is -1.89. The van der Waals surface area contributed by atoms with Crippen LogP contribution in [0.2, 0.25) is 0 Å². The van der Waals surface area contributed by atoms with Gasteiger partial charge in [0.25, 0.3) is 0 Å². The average molecular weight is 281 g/mol. The largest absolute Gasteiger partial charge is 0.469 e. The Morgan fingerprint density at radius 3 is 2.90 bits per heavy atom. The van der Waals surface area contributed by atoms with E-state index < -0.39 is 0 Å². The second-order valence-corrected chi connectivity index (χ2v) is 5.17. The molecule has 110 valence electrons. The number of likely N-dealkylation sites (tertiary alicyclic amines) is 1. The van der Waals surface area contributed by atoms with Gasteiger partial charge in [-0.3, -0.25) is 14.5 Å². The van der Waals surface area contributed by atoms with Crippen LogP contribution in [0, 0.1) is 18.8 Å². The van der Waals surface area contributed by atoms with E-state index in [4.69, 9.17) is 9.26 Å². The van der Waals surface area contributed by atoms with Crippen LogP contribution in [0.5, 0.6) is 0 Å². The van der Waals surface area contributed by atoms with Gasteiger partial charge in [-0.15, -0.1) is 0 Å². The van der Waals surface area contributed by atoms with Gasteiger partial charge in [-0.05, 0) is 12.8 Å². The number of nitrogens with one attached hydrogen (secondary N) is 1. The Kier molecular flexibility index (Phi) is 4.39. The Morgan fingerprint density at radius 1 is 1.55 bits per heavy atom. The summed E-state index contributed by atoms with van der Waals surface area (Å²) in [6.07, 6.45) is 0. The van der Waals surface area contributed by atoms with Crippen molar-refractivity contribution in [2.75, 3.05) is 32.1 Å². The molecule has 0 aromatic carbocycles. The van der Waals surface area contributed by atoms with Gasteiger partial charge in [0.1, 0.15) is 5.76 Å². The number of methoxy groups -OCH3 is 1. The van der Waals surface area contributed by atoms with Crippen LogP contribution < -0.4 is 5.32 Å². The molecule has 7 heteroatoms. The molecule has 1 aromatic heterocycles. The molecule has 1 amide bonds. The highest BCUT2D eigenvalue weighted by atomic mass is 16.5. The van der Waals surface area contributed by atoms with Crippen LogP contribution in [0.4, 0.5) is 5.82 Å². The summed E-state index contributed by atoms with van der Waals surface area (Å²) in [7, 11) is 1.39. The highest BCUT2D eigenvalue weighted by Gasteiger charge is 2.36. The van der Waals surface area contributed by atoms with Crippen molar-refractivity contribution in [1.82, 2.24) is 10.1 Å². The van der Waals surface area contributed by atoms with Gasteiger partial charge in [-0.1, -0.05) is 12.1 Å². The fraction of sp³-hybridized carbons (Fsp3) is 0.615. The Bertz CT molecular complexity index is 500.